The van der Waals surface area contributed by atoms with E-state index < -0.39 is 47.8 Å². The minimum Gasteiger partial charge on any atom is -0.446 e. The summed E-state index contributed by atoms with van der Waals surface area (Å²) in [6.07, 6.45) is 2.91. The Kier molecular flexibility index (Phi) is 9.78. The molecule has 0 unspecified atom stereocenters. The Bertz CT molecular complexity index is 1080. The molecule has 200 valence electrons. The van der Waals surface area contributed by atoms with Gasteiger partial charge in [0, 0.05) is 13.0 Å². The van der Waals surface area contributed by atoms with Gasteiger partial charge >= 0.3 is 0 Å². The number of hydrogen-bond donors (Lipinski definition) is 5. The Balaban J connectivity index is 1.93. The average molecular weight is 513 g/mol. The van der Waals surface area contributed by atoms with E-state index >= 15 is 0 Å². The molecule has 37 heavy (non-hydrogen) atoms. The van der Waals surface area contributed by atoms with Gasteiger partial charge in [-0.05, 0) is 37.7 Å². The van der Waals surface area contributed by atoms with Crippen molar-refractivity contribution in [2.24, 2.45) is 11.7 Å². The molecule has 0 saturated heterocycles. The zero-order valence-corrected chi connectivity index (χ0v) is 21.5. The van der Waals surface area contributed by atoms with Gasteiger partial charge in [-0.1, -0.05) is 44.2 Å². The highest BCUT2D eigenvalue weighted by Crippen LogP contribution is 2.22. The lowest BCUT2D eigenvalue weighted by Crippen LogP contribution is -2.56. The molecule has 11 nitrogen and oxygen atoms in total. The molecule has 11 heteroatoms. The summed E-state index contributed by atoms with van der Waals surface area (Å²) < 4.78 is 5.56. The number of amides is 4. The van der Waals surface area contributed by atoms with Crippen LogP contribution in [0, 0.1) is 5.92 Å². The van der Waals surface area contributed by atoms with Crippen LogP contribution in [-0.2, 0) is 20.8 Å². The molecule has 0 fully saturated rings. The van der Waals surface area contributed by atoms with Crippen molar-refractivity contribution in [2.45, 2.75) is 70.6 Å². The number of nitrogens with zero attached hydrogens (tertiary/aromatic N) is 1. The van der Waals surface area contributed by atoms with Gasteiger partial charge in [-0.2, -0.15) is 0 Å². The smallest absolute Gasteiger partial charge is 0.273 e. The van der Waals surface area contributed by atoms with Crippen molar-refractivity contribution in [2.75, 3.05) is 6.54 Å². The maximum Gasteiger partial charge on any atom is 0.273 e. The van der Waals surface area contributed by atoms with Crippen molar-refractivity contribution >= 4 is 23.6 Å². The SMILES string of the molecule is CC(C)[C@@H]1NC(=O)[C@H](Cc2ccccc2)NC(=O)[C@@H](NC(=O)[C@H](C)N)CCCCNC(=O)c2coc1n2. The van der Waals surface area contributed by atoms with Crippen LogP contribution >= 0.6 is 0 Å². The van der Waals surface area contributed by atoms with E-state index in [1.54, 1.807) is 0 Å². The molecule has 4 amide bonds. The molecule has 6 N–H and O–H groups in total. The topological polar surface area (TPSA) is 168 Å². The van der Waals surface area contributed by atoms with Crippen molar-refractivity contribution in [3.8, 4) is 0 Å². The second kappa shape index (κ2) is 13.0. The van der Waals surface area contributed by atoms with Crippen LogP contribution in [0.3, 0.4) is 0 Å². The van der Waals surface area contributed by atoms with E-state index in [0.717, 1.165) is 5.56 Å². The first-order valence-corrected chi connectivity index (χ1v) is 12.6. The van der Waals surface area contributed by atoms with E-state index in [1.165, 1.54) is 13.2 Å². The zero-order chi connectivity index (χ0) is 26.9. The van der Waals surface area contributed by atoms with Crippen molar-refractivity contribution < 1.29 is 23.6 Å². The van der Waals surface area contributed by atoms with Crippen LogP contribution in [0.1, 0.15) is 68.0 Å². The first-order chi connectivity index (χ1) is 17.7. The van der Waals surface area contributed by atoms with Crippen LogP contribution in [-0.4, -0.2) is 53.3 Å². The highest BCUT2D eigenvalue weighted by Gasteiger charge is 2.31. The zero-order valence-electron chi connectivity index (χ0n) is 21.5. The number of nitrogens with two attached hydrogens (primary N) is 1. The summed E-state index contributed by atoms with van der Waals surface area (Å²) in [5.74, 6) is -1.70. The molecule has 0 spiro atoms. The van der Waals surface area contributed by atoms with Crippen molar-refractivity contribution in [3.05, 3.63) is 53.7 Å². The molecule has 2 bridgehead atoms. The van der Waals surface area contributed by atoms with Gasteiger partial charge in [0.05, 0.1) is 6.04 Å². The quantitative estimate of drug-likeness (QED) is 0.397. The fourth-order valence-corrected chi connectivity index (χ4v) is 3.97. The molecule has 1 aromatic carbocycles. The average Bonchev–Trinajstić information content (AvgIpc) is 3.35. The van der Waals surface area contributed by atoms with Gasteiger partial charge < -0.3 is 31.4 Å². The van der Waals surface area contributed by atoms with Crippen LogP contribution in [0.4, 0.5) is 0 Å². The third-order valence-electron chi connectivity index (χ3n) is 6.15. The molecule has 0 radical (unpaired) electrons. The molecular weight excluding hydrogens is 476 g/mol. The van der Waals surface area contributed by atoms with Crippen LogP contribution in [0.25, 0.3) is 0 Å². The fourth-order valence-electron chi connectivity index (χ4n) is 3.97. The van der Waals surface area contributed by atoms with Crippen LogP contribution in [0.2, 0.25) is 0 Å². The molecule has 3 rings (SSSR count). The second-order valence-electron chi connectivity index (χ2n) is 9.65. The van der Waals surface area contributed by atoms with Gasteiger partial charge in [0.2, 0.25) is 23.6 Å². The minimum atomic E-state index is -0.934. The molecule has 1 aliphatic rings. The number of nitrogens with one attached hydrogen (secondary N) is 4. The maximum atomic E-state index is 13.5. The standard InChI is InChI=1S/C26H36N6O5/c1-15(2)21-26-31-20(14-37-26)23(34)28-12-8-7-11-18(29-22(33)16(3)27)24(35)30-19(25(36)32-21)13-17-9-5-4-6-10-17/h4-6,9-10,14-16,18-19,21H,7-8,11-13,27H2,1-3H3,(H,28,34)(H,29,33)(H,30,35)(H,32,36)/t16-,18-,19-,21-/m0/s1. The molecule has 1 aromatic heterocycles. The molecule has 2 heterocycles. The van der Waals surface area contributed by atoms with Crippen molar-refractivity contribution in [1.82, 2.24) is 26.3 Å². The minimum absolute atomic E-state index is 0.122. The van der Waals surface area contributed by atoms with Gasteiger partial charge in [-0.25, -0.2) is 4.98 Å². The predicted octanol–water partition coefficient (Wildman–Crippen LogP) is 0.961. The van der Waals surface area contributed by atoms with E-state index in [2.05, 4.69) is 26.3 Å². The third-order valence-corrected chi connectivity index (χ3v) is 6.15. The largest absolute Gasteiger partial charge is 0.446 e. The Labute approximate surface area is 216 Å². The number of carbonyl (C=O) groups is 4. The molecule has 4 atom stereocenters. The number of rotatable bonds is 5. The van der Waals surface area contributed by atoms with Crippen molar-refractivity contribution in [1.29, 1.82) is 0 Å². The Morgan fingerprint density at radius 1 is 1.11 bits per heavy atom. The first kappa shape index (κ1) is 27.9. The highest BCUT2D eigenvalue weighted by atomic mass is 16.3. The fraction of sp³-hybridized carbons (Fsp3) is 0.500. The maximum absolute atomic E-state index is 13.5. The van der Waals surface area contributed by atoms with Crippen LogP contribution in [0.15, 0.2) is 41.0 Å². The lowest BCUT2D eigenvalue weighted by Gasteiger charge is -2.26. The predicted molar refractivity (Wildman–Crippen MR) is 136 cm³/mol. The summed E-state index contributed by atoms with van der Waals surface area (Å²) in [6, 6.07) is 6.06. The summed E-state index contributed by atoms with van der Waals surface area (Å²) >= 11 is 0. The summed E-state index contributed by atoms with van der Waals surface area (Å²) in [4.78, 5) is 56.0. The Morgan fingerprint density at radius 2 is 1.84 bits per heavy atom. The first-order valence-electron chi connectivity index (χ1n) is 12.6. The van der Waals surface area contributed by atoms with Gasteiger partial charge in [0.15, 0.2) is 5.69 Å². The number of aromatic nitrogens is 1. The molecule has 1 aliphatic heterocycles. The summed E-state index contributed by atoms with van der Waals surface area (Å²) in [6.45, 7) is 5.66. The normalized spacial score (nSPS) is 22.5. The molecular formula is C26H36N6O5. The van der Waals surface area contributed by atoms with Gasteiger partial charge in [0.1, 0.15) is 24.4 Å². The van der Waals surface area contributed by atoms with E-state index in [1.807, 2.05) is 44.2 Å². The number of carbonyl (C=O) groups excluding carboxylic acids is 4. The van der Waals surface area contributed by atoms with Gasteiger partial charge in [0.25, 0.3) is 5.91 Å². The summed E-state index contributed by atoms with van der Waals surface area (Å²) in [5, 5.41) is 11.2. The van der Waals surface area contributed by atoms with Gasteiger partial charge in [-0.15, -0.1) is 0 Å². The van der Waals surface area contributed by atoms with E-state index in [-0.39, 0.29) is 23.9 Å². The molecule has 2 aromatic rings. The Hall–Kier alpha value is -3.73. The highest BCUT2D eigenvalue weighted by molar-refractivity contribution is 5.93. The number of hydrogen-bond acceptors (Lipinski definition) is 7. The van der Waals surface area contributed by atoms with Crippen LogP contribution < -0.4 is 27.0 Å². The lowest BCUT2D eigenvalue weighted by molar-refractivity contribution is -0.132. The van der Waals surface area contributed by atoms with Gasteiger partial charge in [-0.3, -0.25) is 19.2 Å². The van der Waals surface area contributed by atoms with E-state index in [0.29, 0.717) is 25.8 Å². The number of oxazole rings is 1. The van der Waals surface area contributed by atoms with E-state index in [9.17, 15) is 19.2 Å². The molecule has 0 aliphatic carbocycles. The monoisotopic (exact) mass is 512 g/mol. The number of benzene rings is 1. The van der Waals surface area contributed by atoms with Crippen LogP contribution in [0.5, 0.6) is 0 Å². The second-order valence-corrected chi connectivity index (χ2v) is 9.65. The summed E-state index contributed by atoms with van der Waals surface area (Å²) in [5.41, 5.74) is 6.67. The molecule has 0 saturated carbocycles. The van der Waals surface area contributed by atoms with E-state index in [4.69, 9.17) is 10.2 Å². The third kappa shape index (κ3) is 7.88. The lowest BCUT2D eigenvalue weighted by atomic mass is 10.0. The van der Waals surface area contributed by atoms with Crippen molar-refractivity contribution in [3.63, 3.8) is 0 Å². The summed E-state index contributed by atoms with van der Waals surface area (Å²) in [7, 11) is 0. The number of fused-ring (bicyclic) bond motifs is 2. The Morgan fingerprint density at radius 3 is 2.51 bits per heavy atom.